The van der Waals surface area contributed by atoms with Crippen LogP contribution in [0.3, 0.4) is 0 Å². The summed E-state index contributed by atoms with van der Waals surface area (Å²) in [5.41, 5.74) is 3.20. The summed E-state index contributed by atoms with van der Waals surface area (Å²) in [5.74, 6) is -0.440. The Hall–Kier alpha value is -2.87. The highest BCUT2D eigenvalue weighted by atomic mass is 32.2. The fourth-order valence-electron chi connectivity index (χ4n) is 3.65. The van der Waals surface area contributed by atoms with Crippen LogP contribution >= 0.6 is 0 Å². The van der Waals surface area contributed by atoms with Gasteiger partial charge in [-0.1, -0.05) is 63.2 Å². The molecule has 0 aliphatic rings. The topological polar surface area (TPSA) is 86.8 Å². The van der Waals surface area contributed by atoms with Crippen molar-refractivity contribution in [1.82, 2.24) is 10.2 Å². The third-order valence-corrected chi connectivity index (χ3v) is 6.90. The van der Waals surface area contributed by atoms with E-state index in [1.54, 1.807) is 19.1 Å². The minimum absolute atomic E-state index is 0.203. The largest absolute Gasteiger partial charge is 0.354 e. The zero-order valence-electron chi connectivity index (χ0n) is 21.0. The molecule has 8 heteroatoms. The van der Waals surface area contributed by atoms with Gasteiger partial charge in [-0.05, 0) is 48.9 Å². The van der Waals surface area contributed by atoms with Crippen molar-refractivity contribution in [2.45, 2.75) is 53.6 Å². The maximum atomic E-state index is 13.6. The average Bonchev–Trinajstić information content (AvgIpc) is 2.79. The minimum atomic E-state index is -3.74. The summed E-state index contributed by atoms with van der Waals surface area (Å²) in [5, 5.41) is 2.89. The van der Waals surface area contributed by atoms with Gasteiger partial charge in [-0.15, -0.1) is 0 Å². The van der Waals surface area contributed by atoms with Gasteiger partial charge < -0.3 is 10.2 Å². The number of hydrogen-bond donors (Lipinski definition) is 1. The fourth-order valence-corrected chi connectivity index (χ4v) is 4.53. The molecule has 2 aromatic carbocycles. The minimum Gasteiger partial charge on any atom is -0.354 e. The lowest BCUT2D eigenvalue weighted by atomic mass is 10.1. The van der Waals surface area contributed by atoms with E-state index >= 15 is 0 Å². The van der Waals surface area contributed by atoms with Crippen LogP contribution in [0.1, 0.15) is 44.4 Å². The summed E-state index contributed by atoms with van der Waals surface area (Å²) in [6.07, 6.45) is 1.72. The van der Waals surface area contributed by atoms with E-state index in [4.69, 9.17) is 0 Å². The van der Waals surface area contributed by atoms with Crippen LogP contribution < -0.4 is 9.62 Å². The third kappa shape index (κ3) is 7.32. The van der Waals surface area contributed by atoms with Gasteiger partial charge >= 0.3 is 0 Å². The van der Waals surface area contributed by atoms with Gasteiger partial charge in [0, 0.05) is 13.1 Å². The number of anilines is 1. The van der Waals surface area contributed by atoms with Crippen molar-refractivity contribution in [3.63, 3.8) is 0 Å². The Morgan fingerprint density at radius 1 is 0.971 bits per heavy atom. The molecule has 186 valence electrons. The Kier molecular flexibility index (Phi) is 9.67. The number of para-hydroxylation sites is 1. The van der Waals surface area contributed by atoms with Crippen molar-refractivity contribution in [3.8, 4) is 0 Å². The number of rotatable bonds is 11. The molecule has 34 heavy (non-hydrogen) atoms. The van der Waals surface area contributed by atoms with Gasteiger partial charge in [0.15, 0.2) is 0 Å². The molecule has 7 nitrogen and oxygen atoms in total. The van der Waals surface area contributed by atoms with Crippen LogP contribution in [-0.2, 0) is 32.6 Å². The quantitative estimate of drug-likeness (QED) is 0.525. The lowest BCUT2D eigenvalue weighted by molar-refractivity contribution is -0.139. The van der Waals surface area contributed by atoms with Crippen LogP contribution in [0.5, 0.6) is 0 Å². The molecule has 0 bridgehead atoms. The molecule has 2 amide bonds. The average molecular weight is 488 g/mol. The second-order valence-corrected chi connectivity index (χ2v) is 10.9. The first-order chi connectivity index (χ1) is 16.0. The van der Waals surface area contributed by atoms with Crippen molar-refractivity contribution in [2.75, 3.05) is 23.7 Å². The summed E-state index contributed by atoms with van der Waals surface area (Å²) in [6.45, 7) is 9.87. The first-order valence-corrected chi connectivity index (χ1v) is 13.5. The Balaban J connectivity index is 2.42. The molecule has 0 heterocycles. The maximum absolute atomic E-state index is 13.6. The lowest BCUT2D eigenvalue weighted by Gasteiger charge is -2.32. The standard InChI is InChI=1S/C26H37N3O4S/c1-7-22-13-10-11-15-24(22)29(34(6,32)33)18-25(30)28(17-23-14-9-8-12-20(23)4)21(5)26(31)27-16-19(2)3/h8-15,19,21H,7,16-18H2,1-6H3,(H,27,31)/t21-/m0/s1. The lowest BCUT2D eigenvalue weighted by Crippen LogP contribution is -2.51. The number of benzene rings is 2. The van der Waals surface area contributed by atoms with E-state index in [1.807, 2.05) is 64.1 Å². The van der Waals surface area contributed by atoms with Crippen molar-refractivity contribution in [1.29, 1.82) is 0 Å². The molecule has 1 N–H and O–H groups in total. The molecule has 2 aromatic rings. The van der Waals surface area contributed by atoms with Gasteiger partial charge in [0.25, 0.3) is 0 Å². The first-order valence-electron chi connectivity index (χ1n) is 11.6. The molecule has 0 unspecified atom stereocenters. The Labute approximate surface area is 204 Å². The molecular formula is C26H37N3O4S. The predicted octanol–water partition coefficient (Wildman–Crippen LogP) is 3.51. The van der Waals surface area contributed by atoms with Crippen molar-refractivity contribution in [3.05, 3.63) is 65.2 Å². The summed E-state index contributed by atoms with van der Waals surface area (Å²) in [4.78, 5) is 28.0. The van der Waals surface area contributed by atoms with E-state index < -0.39 is 22.0 Å². The number of sulfonamides is 1. The number of aryl methyl sites for hydroxylation is 2. The van der Waals surface area contributed by atoms with Crippen LogP contribution in [0.25, 0.3) is 0 Å². The van der Waals surface area contributed by atoms with E-state index in [9.17, 15) is 18.0 Å². The van der Waals surface area contributed by atoms with Crippen molar-refractivity contribution >= 4 is 27.5 Å². The molecule has 0 saturated carbocycles. The zero-order valence-corrected chi connectivity index (χ0v) is 21.9. The number of carbonyl (C=O) groups excluding carboxylic acids is 2. The summed E-state index contributed by atoms with van der Waals surface area (Å²) >= 11 is 0. The first kappa shape index (κ1) is 27.4. The molecule has 0 saturated heterocycles. The van der Waals surface area contributed by atoms with E-state index in [2.05, 4.69) is 5.32 Å². The zero-order chi connectivity index (χ0) is 25.5. The molecule has 0 spiro atoms. The monoisotopic (exact) mass is 487 g/mol. The molecule has 1 atom stereocenters. The van der Waals surface area contributed by atoms with Crippen LogP contribution in [0.4, 0.5) is 5.69 Å². The molecule has 0 fully saturated rings. The van der Waals surface area contributed by atoms with Crippen LogP contribution in [-0.4, -0.2) is 50.5 Å². The van der Waals surface area contributed by atoms with Gasteiger partial charge in [-0.2, -0.15) is 0 Å². The molecule has 2 rings (SSSR count). The van der Waals surface area contributed by atoms with E-state index in [0.717, 1.165) is 27.3 Å². The second-order valence-electron chi connectivity index (χ2n) is 9.01. The molecule has 0 aliphatic carbocycles. The van der Waals surface area contributed by atoms with E-state index in [-0.39, 0.29) is 24.9 Å². The predicted molar refractivity (Wildman–Crippen MR) is 137 cm³/mol. The van der Waals surface area contributed by atoms with Crippen molar-refractivity contribution in [2.24, 2.45) is 5.92 Å². The van der Waals surface area contributed by atoms with Gasteiger partial charge in [0.1, 0.15) is 12.6 Å². The van der Waals surface area contributed by atoms with Crippen LogP contribution in [0.2, 0.25) is 0 Å². The normalized spacial score (nSPS) is 12.3. The number of carbonyl (C=O) groups is 2. The number of amides is 2. The SMILES string of the molecule is CCc1ccccc1N(CC(=O)N(Cc1ccccc1C)[C@@H](C)C(=O)NCC(C)C)S(C)(=O)=O. The molecule has 0 aliphatic heterocycles. The van der Waals surface area contributed by atoms with Crippen molar-refractivity contribution < 1.29 is 18.0 Å². The molecular weight excluding hydrogens is 450 g/mol. The van der Waals surface area contributed by atoms with Crippen LogP contribution in [0.15, 0.2) is 48.5 Å². The Morgan fingerprint density at radius 2 is 1.56 bits per heavy atom. The smallest absolute Gasteiger partial charge is 0.244 e. The second kappa shape index (κ2) is 12.0. The Morgan fingerprint density at radius 3 is 2.12 bits per heavy atom. The van der Waals surface area contributed by atoms with Gasteiger partial charge in [0.05, 0.1) is 11.9 Å². The van der Waals surface area contributed by atoms with Gasteiger partial charge in [-0.25, -0.2) is 8.42 Å². The highest BCUT2D eigenvalue weighted by Gasteiger charge is 2.30. The number of nitrogens with one attached hydrogen (secondary N) is 1. The van der Waals surface area contributed by atoms with E-state index in [0.29, 0.717) is 18.7 Å². The highest BCUT2D eigenvalue weighted by molar-refractivity contribution is 7.92. The van der Waals surface area contributed by atoms with E-state index in [1.165, 1.54) is 4.90 Å². The number of nitrogens with zero attached hydrogens (tertiary/aromatic N) is 2. The summed E-state index contributed by atoms with van der Waals surface area (Å²) in [7, 11) is -3.74. The van der Waals surface area contributed by atoms with Gasteiger partial charge in [-0.3, -0.25) is 13.9 Å². The van der Waals surface area contributed by atoms with Crippen LogP contribution in [0, 0.1) is 12.8 Å². The van der Waals surface area contributed by atoms with Gasteiger partial charge in [0.2, 0.25) is 21.8 Å². The Bertz CT molecular complexity index is 1100. The summed E-state index contributed by atoms with van der Waals surface area (Å²) < 4.78 is 26.6. The molecule has 0 aromatic heterocycles. The highest BCUT2D eigenvalue weighted by Crippen LogP contribution is 2.24. The molecule has 0 radical (unpaired) electrons. The fraction of sp³-hybridized carbons (Fsp3) is 0.462. The summed E-state index contributed by atoms with van der Waals surface area (Å²) in [6, 6.07) is 14.0. The maximum Gasteiger partial charge on any atom is 0.244 e. The third-order valence-electron chi connectivity index (χ3n) is 5.77. The number of hydrogen-bond acceptors (Lipinski definition) is 4.